The summed E-state index contributed by atoms with van der Waals surface area (Å²) in [5.41, 5.74) is 1.00. The highest BCUT2D eigenvalue weighted by Crippen LogP contribution is 2.35. The van der Waals surface area contributed by atoms with Gasteiger partial charge in [0.15, 0.2) is 0 Å². The summed E-state index contributed by atoms with van der Waals surface area (Å²) in [6.45, 7) is 3.00. The Morgan fingerprint density at radius 2 is 1.70 bits per heavy atom. The number of carbonyl (C=O) groups is 1. The SMILES string of the molecule is CS(=O)(=O)n1cc(C(=O)[N+]2(C3CCNCC3)CCC(Oc3ccc(Cl)c(Cl)c3)CC2)c2ccccc21.Cl. The van der Waals surface area contributed by atoms with Crippen LogP contribution in [0.2, 0.25) is 10.0 Å². The van der Waals surface area contributed by atoms with Crippen molar-refractivity contribution in [3.63, 3.8) is 0 Å². The number of piperidine rings is 2. The first-order valence-electron chi connectivity index (χ1n) is 12.2. The zero-order valence-electron chi connectivity index (χ0n) is 20.5. The van der Waals surface area contributed by atoms with Crippen LogP contribution in [-0.4, -0.2) is 67.4 Å². The molecular formula is C26H31Cl3N3O4S+. The fraction of sp³-hybridized carbons (Fsp3) is 0.423. The Morgan fingerprint density at radius 3 is 2.35 bits per heavy atom. The second-order valence-electron chi connectivity index (χ2n) is 9.78. The van der Waals surface area contributed by atoms with E-state index in [4.69, 9.17) is 27.9 Å². The number of rotatable bonds is 5. The van der Waals surface area contributed by atoms with Crippen molar-refractivity contribution in [1.29, 1.82) is 0 Å². The van der Waals surface area contributed by atoms with Crippen LogP contribution in [0.1, 0.15) is 36.0 Å². The average Bonchev–Trinajstić information content (AvgIpc) is 3.27. The third-order valence-electron chi connectivity index (χ3n) is 7.57. The van der Waals surface area contributed by atoms with E-state index in [9.17, 15) is 13.2 Å². The smallest absolute Gasteiger partial charge is 0.348 e. The van der Waals surface area contributed by atoms with E-state index in [0.29, 0.717) is 62.7 Å². The summed E-state index contributed by atoms with van der Waals surface area (Å²) in [5.74, 6) is 0.660. The molecule has 11 heteroatoms. The van der Waals surface area contributed by atoms with Gasteiger partial charge in [-0.3, -0.25) is 4.48 Å². The van der Waals surface area contributed by atoms with E-state index in [1.165, 1.54) is 10.2 Å². The van der Waals surface area contributed by atoms with Crippen molar-refractivity contribution in [1.82, 2.24) is 9.29 Å². The minimum Gasteiger partial charge on any atom is -0.490 e. The minimum atomic E-state index is -3.56. The van der Waals surface area contributed by atoms with Crippen LogP contribution >= 0.6 is 35.6 Å². The van der Waals surface area contributed by atoms with Crippen LogP contribution in [0.4, 0.5) is 0 Å². The second-order valence-corrected chi connectivity index (χ2v) is 12.5. The number of aromatic nitrogens is 1. The quantitative estimate of drug-likeness (QED) is 0.419. The molecule has 37 heavy (non-hydrogen) atoms. The number of halogens is 3. The number of ether oxygens (including phenoxy) is 1. The zero-order chi connectivity index (χ0) is 25.5. The third-order valence-corrected chi connectivity index (χ3v) is 9.33. The fourth-order valence-electron chi connectivity index (χ4n) is 5.73. The van der Waals surface area contributed by atoms with E-state index in [1.807, 2.05) is 18.2 Å². The number of hydrogen-bond acceptors (Lipinski definition) is 5. The van der Waals surface area contributed by atoms with Crippen molar-refractivity contribution in [2.24, 2.45) is 0 Å². The van der Waals surface area contributed by atoms with Gasteiger partial charge in [-0.1, -0.05) is 41.4 Å². The Labute approximate surface area is 233 Å². The van der Waals surface area contributed by atoms with Crippen molar-refractivity contribution >= 4 is 62.4 Å². The summed E-state index contributed by atoms with van der Waals surface area (Å²) < 4.78 is 32.8. The lowest BCUT2D eigenvalue weighted by Gasteiger charge is -2.47. The first kappa shape index (κ1) is 28.2. The number of carbonyl (C=O) groups excluding carboxylic acids is 1. The number of fused-ring (bicyclic) bond motifs is 1. The molecule has 7 nitrogen and oxygen atoms in total. The van der Waals surface area contributed by atoms with E-state index in [0.717, 1.165) is 32.2 Å². The van der Waals surface area contributed by atoms with Gasteiger partial charge in [0.25, 0.3) is 0 Å². The first-order valence-corrected chi connectivity index (χ1v) is 14.8. The Morgan fingerprint density at radius 1 is 1.03 bits per heavy atom. The maximum absolute atomic E-state index is 14.4. The highest BCUT2D eigenvalue weighted by molar-refractivity contribution is 7.89. The number of benzene rings is 2. The molecule has 1 aromatic heterocycles. The first-order chi connectivity index (χ1) is 17.2. The van der Waals surface area contributed by atoms with Gasteiger partial charge in [-0.15, -0.1) is 12.4 Å². The molecule has 2 saturated heterocycles. The Kier molecular flexibility index (Phi) is 8.48. The van der Waals surface area contributed by atoms with Gasteiger partial charge >= 0.3 is 5.91 Å². The minimum absolute atomic E-state index is 0. The number of amides is 1. The molecule has 0 aliphatic carbocycles. The molecule has 3 aromatic rings. The molecule has 0 unspecified atom stereocenters. The molecule has 5 rings (SSSR count). The summed E-state index contributed by atoms with van der Waals surface area (Å²) in [6.07, 6.45) is 5.85. The summed E-state index contributed by atoms with van der Waals surface area (Å²) in [4.78, 5) is 14.4. The van der Waals surface area contributed by atoms with Gasteiger partial charge in [0.05, 0.1) is 40.9 Å². The van der Waals surface area contributed by atoms with Crippen molar-refractivity contribution in [2.75, 3.05) is 32.4 Å². The van der Waals surface area contributed by atoms with Crippen molar-refractivity contribution in [2.45, 2.75) is 37.8 Å². The highest BCUT2D eigenvalue weighted by Gasteiger charge is 2.48. The average molecular weight is 588 g/mol. The van der Waals surface area contributed by atoms with Crippen molar-refractivity contribution in [3.8, 4) is 5.75 Å². The number of hydrogen-bond donors (Lipinski definition) is 1. The molecule has 3 heterocycles. The van der Waals surface area contributed by atoms with Gasteiger partial charge in [0.1, 0.15) is 17.4 Å². The topological polar surface area (TPSA) is 77.4 Å². The molecular weight excluding hydrogens is 557 g/mol. The Hall–Kier alpha value is -1.81. The van der Waals surface area contributed by atoms with Crippen molar-refractivity contribution < 1.29 is 22.4 Å². The number of nitrogens with zero attached hydrogens (tertiary/aromatic N) is 2. The second kappa shape index (κ2) is 11.1. The summed E-state index contributed by atoms with van der Waals surface area (Å²) >= 11 is 12.2. The van der Waals surface area contributed by atoms with E-state index >= 15 is 0 Å². The molecule has 0 spiro atoms. The number of quaternary nitrogens is 1. The maximum Gasteiger partial charge on any atom is 0.348 e. The summed E-state index contributed by atoms with van der Waals surface area (Å²) in [6, 6.07) is 12.6. The fourth-order valence-corrected chi connectivity index (χ4v) is 6.84. The molecule has 200 valence electrons. The Balaban J connectivity index is 0.00000320. The van der Waals surface area contributed by atoms with E-state index in [1.54, 1.807) is 24.3 Å². The van der Waals surface area contributed by atoms with Crippen molar-refractivity contribution in [3.05, 3.63) is 64.3 Å². The van der Waals surface area contributed by atoms with Crippen LogP contribution < -0.4 is 10.1 Å². The Bertz CT molecular complexity index is 1400. The molecule has 0 atom stereocenters. The standard InChI is InChI=1S/C26H30Cl2N3O4S.ClH/c1-36(33,34)30-17-22(21-4-2-3-5-25(21)30)26(32)31(18-8-12-29-13-9-18)14-10-19(11-15-31)35-20-6-7-23(27)24(28)16-20;/h2-7,16-19,29H,8-15H2,1H3;1H/q+1;. The lowest BCUT2D eigenvalue weighted by molar-refractivity contribution is -0.881. The van der Waals surface area contributed by atoms with Crippen LogP contribution in [0.3, 0.4) is 0 Å². The monoisotopic (exact) mass is 586 g/mol. The van der Waals surface area contributed by atoms with E-state index in [2.05, 4.69) is 5.32 Å². The third kappa shape index (κ3) is 5.51. The van der Waals surface area contributed by atoms with Crippen LogP contribution in [0.5, 0.6) is 5.75 Å². The lowest BCUT2D eigenvalue weighted by Crippen LogP contribution is -2.65. The molecule has 0 saturated carbocycles. The van der Waals surface area contributed by atoms with Crippen LogP contribution in [-0.2, 0) is 10.0 Å². The normalized spacial score (nSPS) is 22.9. The molecule has 2 aliphatic heterocycles. The van der Waals surface area contributed by atoms with Crippen LogP contribution in [0.15, 0.2) is 48.7 Å². The summed E-state index contributed by atoms with van der Waals surface area (Å²) in [5, 5.41) is 5.00. The van der Waals surface area contributed by atoms with Gasteiger partial charge < -0.3 is 10.1 Å². The number of nitrogens with one attached hydrogen (secondary N) is 1. The van der Waals surface area contributed by atoms with Gasteiger partial charge in [0.2, 0.25) is 10.0 Å². The predicted molar refractivity (Wildman–Crippen MR) is 150 cm³/mol. The van der Waals surface area contributed by atoms with Crippen LogP contribution in [0, 0.1) is 0 Å². The molecule has 0 radical (unpaired) electrons. The van der Waals surface area contributed by atoms with E-state index < -0.39 is 10.0 Å². The van der Waals surface area contributed by atoms with Gasteiger partial charge in [-0.25, -0.2) is 17.2 Å². The maximum atomic E-state index is 14.4. The van der Waals surface area contributed by atoms with Gasteiger partial charge in [-0.2, -0.15) is 0 Å². The number of para-hydroxylation sites is 1. The molecule has 1 amide bonds. The molecule has 2 fully saturated rings. The molecule has 1 N–H and O–H groups in total. The van der Waals surface area contributed by atoms with Gasteiger partial charge in [0, 0.05) is 56.4 Å². The van der Waals surface area contributed by atoms with E-state index in [-0.39, 0.29) is 30.5 Å². The summed E-state index contributed by atoms with van der Waals surface area (Å²) in [7, 11) is -3.56. The largest absolute Gasteiger partial charge is 0.490 e. The molecule has 0 bridgehead atoms. The highest BCUT2D eigenvalue weighted by atomic mass is 35.5. The van der Waals surface area contributed by atoms with Crippen LogP contribution in [0.25, 0.3) is 10.9 Å². The number of likely N-dealkylation sites (tertiary alicyclic amines) is 1. The zero-order valence-corrected chi connectivity index (χ0v) is 23.7. The lowest BCUT2D eigenvalue weighted by atomic mass is 9.93. The predicted octanol–water partition coefficient (Wildman–Crippen LogP) is 5.13. The molecule has 2 aromatic carbocycles. The van der Waals surface area contributed by atoms with Gasteiger partial charge in [-0.05, 0) is 18.2 Å². The molecule has 2 aliphatic rings.